The Kier molecular flexibility index (Phi) is 5.87. The minimum absolute atomic E-state index is 0.139. The van der Waals surface area contributed by atoms with E-state index in [-0.39, 0.29) is 11.7 Å². The van der Waals surface area contributed by atoms with Gasteiger partial charge in [0.05, 0.1) is 34.2 Å². The molecule has 0 saturated heterocycles. The molecule has 0 bridgehead atoms. The van der Waals surface area contributed by atoms with E-state index in [1.807, 2.05) is 67.1 Å². The Hall–Kier alpha value is -3.10. The molecule has 1 amide bonds. The van der Waals surface area contributed by atoms with E-state index in [2.05, 4.69) is 20.6 Å². The van der Waals surface area contributed by atoms with Crippen molar-refractivity contribution in [3.05, 3.63) is 77.3 Å². The van der Waals surface area contributed by atoms with Crippen LogP contribution in [0.25, 0.3) is 11.4 Å². The lowest BCUT2D eigenvalue weighted by molar-refractivity contribution is -0.113. The van der Waals surface area contributed by atoms with Gasteiger partial charge in [-0.15, -0.1) is 10.2 Å². The first-order valence-corrected chi connectivity index (χ1v) is 10.6. The normalized spacial score (nSPS) is 10.9. The molecule has 0 aliphatic carbocycles. The van der Waals surface area contributed by atoms with Crippen molar-refractivity contribution in [3.8, 4) is 11.4 Å². The number of amides is 1. The maximum atomic E-state index is 12.6. The van der Waals surface area contributed by atoms with Crippen LogP contribution in [-0.4, -0.2) is 36.2 Å². The minimum Gasteiger partial charge on any atom is -0.322 e. The van der Waals surface area contributed by atoms with Gasteiger partial charge in [-0.25, -0.2) is 4.68 Å². The molecule has 30 heavy (non-hydrogen) atoms. The van der Waals surface area contributed by atoms with Crippen molar-refractivity contribution >= 4 is 35.0 Å². The SMILES string of the molecule is Cc1nn(-c2ccccc2)c(C)c1NC(=O)CSc1nncn1-c1cccc(Cl)c1. The molecule has 2 heterocycles. The summed E-state index contributed by atoms with van der Waals surface area (Å²) in [6.07, 6.45) is 1.60. The summed E-state index contributed by atoms with van der Waals surface area (Å²) in [5.74, 6) is 0.0498. The number of nitrogens with zero attached hydrogens (tertiary/aromatic N) is 5. The van der Waals surface area contributed by atoms with Crippen molar-refractivity contribution in [1.82, 2.24) is 24.5 Å². The molecule has 7 nitrogen and oxygen atoms in total. The molecule has 0 aliphatic rings. The lowest BCUT2D eigenvalue weighted by atomic mass is 10.3. The lowest BCUT2D eigenvalue weighted by Gasteiger charge is -2.08. The van der Waals surface area contributed by atoms with Crippen molar-refractivity contribution < 1.29 is 4.79 Å². The Bertz CT molecular complexity index is 1190. The molecule has 0 radical (unpaired) electrons. The summed E-state index contributed by atoms with van der Waals surface area (Å²) in [6.45, 7) is 3.82. The van der Waals surface area contributed by atoms with Crippen LogP contribution in [0.5, 0.6) is 0 Å². The summed E-state index contributed by atoms with van der Waals surface area (Å²) in [4.78, 5) is 12.6. The third kappa shape index (κ3) is 4.24. The number of hydrogen-bond donors (Lipinski definition) is 1. The number of aromatic nitrogens is 5. The predicted molar refractivity (Wildman–Crippen MR) is 119 cm³/mol. The van der Waals surface area contributed by atoms with E-state index in [1.54, 1.807) is 17.0 Å². The molecule has 4 rings (SSSR count). The Morgan fingerprint density at radius 1 is 1.10 bits per heavy atom. The minimum atomic E-state index is -0.139. The van der Waals surface area contributed by atoms with Crippen molar-refractivity contribution in [1.29, 1.82) is 0 Å². The summed E-state index contributed by atoms with van der Waals surface area (Å²) in [6, 6.07) is 17.2. The highest BCUT2D eigenvalue weighted by atomic mass is 35.5. The fourth-order valence-electron chi connectivity index (χ4n) is 3.08. The zero-order valence-corrected chi connectivity index (χ0v) is 18.0. The number of aryl methyl sites for hydroxylation is 1. The lowest BCUT2D eigenvalue weighted by Crippen LogP contribution is -2.15. The van der Waals surface area contributed by atoms with E-state index < -0.39 is 0 Å². The van der Waals surface area contributed by atoms with Crippen LogP contribution in [0.4, 0.5) is 5.69 Å². The van der Waals surface area contributed by atoms with Gasteiger partial charge in [-0.3, -0.25) is 9.36 Å². The average molecular weight is 439 g/mol. The molecule has 2 aromatic carbocycles. The van der Waals surface area contributed by atoms with Gasteiger partial charge < -0.3 is 5.32 Å². The van der Waals surface area contributed by atoms with Gasteiger partial charge in [0.15, 0.2) is 5.16 Å². The average Bonchev–Trinajstić information content (AvgIpc) is 3.33. The van der Waals surface area contributed by atoms with Gasteiger partial charge in [-0.1, -0.05) is 47.6 Å². The molecule has 0 aliphatic heterocycles. The maximum Gasteiger partial charge on any atom is 0.234 e. The number of carbonyl (C=O) groups is 1. The van der Waals surface area contributed by atoms with Gasteiger partial charge >= 0.3 is 0 Å². The molecule has 0 spiro atoms. The largest absolute Gasteiger partial charge is 0.322 e. The molecule has 0 unspecified atom stereocenters. The third-order valence-corrected chi connectivity index (χ3v) is 5.67. The van der Waals surface area contributed by atoms with E-state index in [1.165, 1.54) is 11.8 Å². The summed E-state index contributed by atoms with van der Waals surface area (Å²) in [5.41, 5.74) is 4.14. The number of nitrogens with one attached hydrogen (secondary N) is 1. The van der Waals surface area contributed by atoms with E-state index in [9.17, 15) is 4.79 Å². The molecule has 152 valence electrons. The van der Waals surface area contributed by atoms with Crippen LogP contribution >= 0.6 is 23.4 Å². The number of hydrogen-bond acceptors (Lipinski definition) is 5. The van der Waals surface area contributed by atoms with Crippen LogP contribution in [0.2, 0.25) is 5.02 Å². The summed E-state index contributed by atoms with van der Waals surface area (Å²) >= 11 is 7.38. The Balaban J connectivity index is 1.46. The first kappa shape index (κ1) is 20.2. The number of carbonyl (C=O) groups excluding carboxylic acids is 1. The van der Waals surface area contributed by atoms with Crippen LogP contribution in [-0.2, 0) is 4.79 Å². The van der Waals surface area contributed by atoms with Crippen LogP contribution in [0.3, 0.4) is 0 Å². The predicted octanol–water partition coefficient (Wildman–Crippen LogP) is 4.45. The first-order valence-electron chi connectivity index (χ1n) is 9.23. The quantitative estimate of drug-likeness (QED) is 0.450. The second kappa shape index (κ2) is 8.73. The monoisotopic (exact) mass is 438 g/mol. The standard InChI is InChI=1S/C21H19ClN6OS/c1-14-20(15(2)28(26-14)17-8-4-3-5-9-17)24-19(29)12-30-21-25-23-13-27(21)18-10-6-7-16(22)11-18/h3-11,13H,12H2,1-2H3,(H,24,29). The highest BCUT2D eigenvalue weighted by Gasteiger charge is 2.16. The number of rotatable bonds is 6. The third-order valence-electron chi connectivity index (χ3n) is 4.49. The second-order valence-corrected chi connectivity index (χ2v) is 7.97. The maximum absolute atomic E-state index is 12.6. The molecule has 1 N–H and O–H groups in total. The van der Waals surface area contributed by atoms with Crippen molar-refractivity contribution in [2.75, 3.05) is 11.1 Å². The fraction of sp³-hybridized carbons (Fsp3) is 0.143. The van der Waals surface area contributed by atoms with Gasteiger partial charge in [0.1, 0.15) is 6.33 Å². The zero-order valence-electron chi connectivity index (χ0n) is 16.4. The zero-order chi connectivity index (χ0) is 21.1. The van der Waals surface area contributed by atoms with Gasteiger partial charge in [-0.05, 0) is 44.2 Å². The number of benzene rings is 2. The Morgan fingerprint density at radius 2 is 1.87 bits per heavy atom. The van der Waals surface area contributed by atoms with Crippen LogP contribution in [0, 0.1) is 13.8 Å². The Morgan fingerprint density at radius 3 is 2.63 bits per heavy atom. The van der Waals surface area contributed by atoms with E-state index >= 15 is 0 Å². The van der Waals surface area contributed by atoms with Crippen LogP contribution < -0.4 is 5.32 Å². The molecule has 0 atom stereocenters. The number of halogens is 1. The second-order valence-electron chi connectivity index (χ2n) is 6.59. The fourth-order valence-corrected chi connectivity index (χ4v) is 3.99. The van der Waals surface area contributed by atoms with Crippen LogP contribution in [0.1, 0.15) is 11.4 Å². The molecule has 0 saturated carbocycles. The van der Waals surface area contributed by atoms with Crippen molar-refractivity contribution in [2.24, 2.45) is 0 Å². The topological polar surface area (TPSA) is 77.6 Å². The molecule has 2 aromatic heterocycles. The van der Waals surface area contributed by atoms with E-state index in [0.29, 0.717) is 10.2 Å². The molecular formula is C21H19ClN6OS. The summed E-state index contributed by atoms with van der Waals surface area (Å²) in [5, 5.41) is 16.8. The number of para-hydroxylation sites is 1. The molecular weight excluding hydrogens is 420 g/mol. The molecule has 4 aromatic rings. The smallest absolute Gasteiger partial charge is 0.234 e. The van der Waals surface area contributed by atoms with Crippen LogP contribution in [0.15, 0.2) is 66.1 Å². The first-order chi connectivity index (χ1) is 14.5. The molecule has 9 heteroatoms. The highest BCUT2D eigenvalue weighted by Crippen LogP contribution is 2.25. The van der Waals surface area contributed by atoms with Crippen molar-refractivity contribution in [3.63, 3.8) is 0 Å². The van der Waals surface area contributed by atoms with Gasteiger partial charge in [0.25, 0.3) is 0 Å². The highest BCUT2D eigenvalue weighted by molar-refractivity contribution is 7.99. The Labute approximate surface area is 183 Å². The van der Waals surface area contributed by atoms with Crippen molar-refractivity contribution in [2.45, 2.75) is 19.0 Å². The van der Waals surface area contributed by atoms with Gasteiger partial charge in [0.2, 0.25) is 5.91 Å². The number of anilines is 1. The molecule has 0 fully saturated rings. The number of thioether (sulfide) groups is 1. The van der Waals surface area contributed by atoms with Gasteiger partial charge in [-0.2, -0.15) is 5.10 Å². The van der Waals surface area contributed by atoms with E-state index in [4.69, 9.17) is 11.6 Å². The van der Waals surface area contributed by atoms with E-state index in [0.717, 1.165) is 28.5 Å². The summed E-state index contributed by atoms with van der Waals surface area (Å²) < 4.78 is 3.63. The van der Waals surface area contributed by atoms with Gasteiger partial charge in [0, 0.05) is 5.02 Å². The summed E-state index contributed by atoms with van der Waals surface area (Å²) in [7, 11) is 0.